The molecule has 0 saturated carbocycles. The Morgan fingerprint density at radius 2 is 1.81 bits per heavy atom. The third kappa shape index (κ3) is 5.28. The number of nitrogens with one attached hydrogen (secondary N) is 2. The zero-order chi connectivity index (χ0) is 26.0. The van der Waals surface area contributed by atoms with Crippen molar-refractivity contribution in [3.63, 3.8) is 0 Å². The summed E-state index contributed by atoms with van der Waals surface area (Å²) in [4.78, 5) is 38.1. The number of hydrogen-bond donors (Lipinski definition) is 3. The number of nitrogens with two attached hydrogens (primary N) is 1. The highest BCUT2D eigenvalue weighted by molar-refractivity contribution is 6.08. The minimum absolute atomic E-state index is 0.0179. The molecule has 1 atom stereocenters. The fourth-order valence-electron chi connectivity index (χ4n) is 4.13. The van der Waals surface area contributed by atoms with Crippen molar-refractivity contribution in [3.05, 3.63) is 70.8 Å². The van der Waals surface area contributed by atoms with Crippen molar-refractivity contribution < 1.29 is 4.79 Å². The molecule has 36 heavy (non-hydrogen) atoms. The van der Waals surface area contributed by atoms with E-state index in [2.05, 4.69) is 27.0 Å². The summed E-state index contributed by atoms with van der Waals surface area (Å²) in [5, 5.41) is 10.7. The Labute approximate surface area is 210 Å². The number of piperazine rings is 1. The van der Waals surface area contributed by atoms with Gasteiger partial charge in [0, 0.05) is 68.0 Å². The molecule has 10 nitrogen and oxygen atoms in total. The average Bonchev–Trinajstić information content (AvgIpc) is 2.86. The van der Waals surface area contributed by atoms with Gasteiger partial charge >= 0.3 is 0 Å². The monoisotopic (exact) mass is 488 g/mol. The molecule has 10 heteroatoms. The first kappa shape index (κ1) is 25.1. The van der Waals surface area contributed by atoms with E-state index < -0.39 is 11.4 Å². The molecule has 1 amide bonds. The minimum Gasteiger partial charge on any atom is -0.368 e. The normalized spacial score (nSPS) is 16.1. The molecule has 188 valence electrons. The molecular formula is C26H32N8O2. The number of benzene rings is 1. The first-order chi connectivity index (χ1) is 17.0. The number of anilines is 2. The van der Waals surface area contributed by atoms with Gasteiger partial charge in [0.1, 0.15) is 5.84 Å². The lowest BCUT2D eigenvalue weighted by molar-refractivity contribution is -0.123. The van der Waals surface area contributed by atoms with Crippen molar-refractivity contribution in [1.82, 2.24) is 19.9 Å². The summed E-state index contributed by atoms with van der Waals surface area (Å²) in [7, 11) is 1.75. The molecule has 3 heterocycles. The fraction of sp³-hybridized carbons (Fsp3) is 0.346. The van der Waals surface area contributed by atoms with E-state index in [0.717, 1.165) is 24.3 Å². The van der Waals surface area contributed by atoms with Crippen LogP contribution in [0.3, 0.4) is 0 Å². The number of carbonyl (C=O) groups is 1. The lowest BCUT2D eigenvalue weighted by Gasteiger charge is -2.42. The van der Waals surface area contributed by atoms with Crippen molar-refractivity contribution in [2.45, 2.75) is 32.4 Å². The predicted molar refractivity (Wildman–Crippen MR) is 141 cm³/mol. The molecule has 1 aliphatic rings. The Hall–Kier alpha value is -4.05. The third-order valence-electron chi connectivity index (χ3n) is 6.32. The SMILES string of the molecule is C[C@@H]1CN(c2ccc(C(=N)NC(=O)C(C)(C)N)cc2)CCN1c1nc(-c2ccncc2)cc(=O)n1C. The predicted octanol–water partition coefficient (Wildman–Crippen LogP) is 1.74. The van der Waals surface area contributed by atoms with Gasteiger partial charge in [-0.05, 0) is 57.2 Å². The number of amidine groups is 1. The Morgan fingerprint density at radius 1 is 1.14 bits per heavy atom. The highest BCUT2D eigenvalue weighted by Gasteiger charge is 2.27. The van der Waals surface area contributed by atoms with Gasteiger partial charge in [-0.25, -0.2) is 4.98 Å². The summed E-state index contributed by atoms with van der Waals surface area (Å²) in [5.41, 5.74) is 7.76. The standard InChI is InChI=1S/C26H32N8O2/c1-17-16-33(20-7-5-19(6-8-20)23(27)31-24(36)26(2,3)28)13-14-34(17)25-30-21(15-22(35)32(25)4)18-9-11-29-12-10-18/h5-12,15,17H,13-14,16,28H2,1-4H3,(H2,27,31,36)/t17-/m1/s1. The quantitative estimate of drug-likeness (QED) is 0.368. The second-order valence-electron chi connectivity index (χ2n) is 9.66. The Bertz CT molecular complexity index is 1310. The van der Waals surface area contributed by atoms with E-state index in [1.54, 1.807) is 43.9 Å². The van der Waals surface area contributed by atoms with E-state index in [4.69, 9.17) is 16.1 Å². The maximum atomic E-state index is 12.7. The van der Waals surface area contributed by atoms with Crippen molar-refractivity contribution in [2.24, 2.45) is 12.8 Å². The zero-order valence-corrected chi connectivity index (χ0v) is 21.0. The Balaban J connectivity index is 1.48. The van der Waals surface area contributed by atoms with Crippen molar-refractivity contribution in [3.8, 4) is 11.3 Å². The first-order valence-corrected chi connectivity index (χ1v) is 11.8. The molecule has 0 spiro atoms. The molecule has 1 aromatic carbocycles. The molecule has 1 saturated heterocycles. The number of amides is 1. The summed E-state index contributed by atoms with van der Waals surface area (Å²) in [6, 6.07) is 12.9. The molecule has 0 unspecified atom stereocenters. The maximum absolute atomic E-state index is 12.7. The number of carbonyl (C=O) groups excluding carboxylic acids is 1. The van der Waals surface area contributed by atoms with Crippen LogP contribution in [0.5, 0.6) is 0 Å². The molecule has 4 rings (SSSR count). The van der Waals surface area contributed by atoms with E-state index in [1.165, 1.54) is 0 Å². The van der Waals surface area contributed by atoms with Gasteiger partial charge in [-0.2, -0.15) is 0 Å². The molecular weight excluding hydrogens is 456 g/mol. The number of nitrogens with zero attached hydrogens (tertiary/aromatic N) is 5. The zero-order valence-electron chi connectivity index (χ0n) is 21.0. The molecule has 0 aliphatic carbocycles. The van der Waals surface area contributed by atoms with Gasteiger partial charge in [0.15, 0.2) is 0 Å². The molecule has 0 radical (unpaired) electrons. The van der Waals surface area contributed by atoms with Crippen molar-refractivity contribution in [2.75, 3.05) is 29.4 Å². The number of pyridine rings is 1. The van der Waals surface area contributed by atoms with Crippen LogP contribution in [0, 0.1) is 5.41 Å². The van der Waals surface area contributed by atoms with E-state index in [0.29, 0.717) is 23.8 Å². The van der Waals surface area contributed by atoms with Crippen LogP contribution in [0.15, 0.2) is 59.7 Å². The lowest BCUT2D eigenvalue weighted by atomic mass is 10.1. The van der Waals surface area contributed by atoms with Crippen LogP contribution in [-0.2, 0) is 11.8 Å². The van der Waals surface area contributed by atoms with Crippen LogP contribution < -0.4 is 26.4 Å². The topological polar surface area (TPSA) is 133 Å². The van der Waals surface area contributed by atoms with Gasteiger partial charge in [-0.1, -0.05) is 0 Å². The van der Waals surface area contributed by atoms with E-state index in [9.17, 15) is 9.59 Å². The second-order valence-corrected chi connectivity index (χ2v) is 9.66. The van der Waals surface area contributed by atoms with Crippen LogP contribution in [0.1, 0.15) is 26.3 Å². The molecule has 2 aromatic heterocycles. The lowest BCUT2D eigenvalue weighted by Crippen LogP contribution is -2.53. The average molecular weight is 489 g/mol. The first-order valence-electron chi connectivity index (χ1n) is 11.8. The second kappa shape index (κ2) is 9.90. The third-order valence-corrected chi connectivity index (χ3v) is 6.32. The van der Waals surface area contributed by atoms with E-state index in [-0.39, 0.29) is 17.4 Å². The van der Waals surface area contributed by atoms with Gasteiger partial charge in [-0.3, -0.25) is 24.5 Å². The molecule has 3 aromatic rings. The summed E-state index contributed by atoms with van der Waals surface area (Å²) in [5.74, 6) is 0.255. The van der Waals surface area contributed by atoms with Crippen molar-refractivity contribution in [1.29, 1.82) is 5.41 Å². The van der Waals surface area contributed by atoms with Crippen LogP contribution in [0.4, 0.5) is 11.6 Å². The highest BCUT2D eigenvalue weighted by atomic mass is 16.2. The van der Waals surface area contributed by atoms with Crippen LogP contribution >= 0.6 is 0 Å². The molecule has 0 bridgehead atoms. The van der Waals surface area contributed by atoms with Crippen LogP contribution in [-0.4, -0.2) is 57.5 Å². The summed E-state index contributed by atoms with van der Waals surface area (Å²) in [6.07, 6.45) is 3.38. The van der Waals surface area contributed by atoms with Gasteiger partial charge in [0.2, 0.25) is 11.9 Å². The van der Waals surface area contributed by atoms with Crippen molar-refractivity contribution >= 4 is 23.4 Å². The summed E-state index contributed by atoms with van der Waals surface area (Å²) in [6.45, 7) is 7.50. The van der Waals surface area contributed by atoms with Gasteiger partial charge in [0.25, 0.3) is 5.56 Å². The van der Waals surface area contributed by atoms with E-state index in [1.807, 2.05) is 36.4 Å². The van der Waals surface area contributed by atoms with Gasteiger partial charge < -0.3 is 20.9 Å². The van der Waals surface area contributed by atoms with E-state index >= 15 is 0 Å². The van der Waals surface area contributed by atoms with Gasteiger partial charge in [-0.15, -0.1) is 0 Å². The fourth-order valence-corrected chi connectivity index (χ4v) is 4.13. The molecule has 1 aliphatic heterocycles. The summed E-state index contributed by atoms with van der Waals surface area (Å²) >= 11 is 0. The highest BCUT2D eigenvalue weighted by Crippen LogP contribution is 2.24. The van der Waals surface area contributed by atoms with Crippen LogP contribution in [0.2, 0.25) is 0 Å². The molecule has 4 N–H and O–H groups in total. The number of rotatable bonds is 5. The Morgan fingerprint density at radius 3 is 2.42 bits per heavy atom. The van der Waals surface area contributed by atoms with Gasteiger partial charge in [0.05, 0.1) is 11.2 Å². The largest absolute Gasteiger partial charge is 0.368 e. The number of hydrogen-bond acceptors (Lipinski definition) is 8. The molecule has 1 fully saturated rings. The maximum Gasteiger partial charge on any atom is 0.255 e. The summed E-state index contributed by atoms with van der Waals surface area (Å²) < 4.78 is 1.59. The smallest absolute Gasteiger partial charge is 0.255 e. The minimum atomic E-state index is -1.06. The van der Waals surface area contributed by atoms with Crippen LogP contribution in [0.25, 0.3) is 11.3 Å². The number of aromatic nitrogens is 3. The Kier molecular flexibility index (Phi) is 6.89.